The molecule has 2 aliphatic heterocycles. The van der Waals surface area contributed by atoms with Crippen LogP contribution >= 0.6 is 0 Å². The molecule has 4 rings (SSSR count). The summed E-state index contributed by atoms with van der Waals surface area (Å²) >= 11 is 0. The van der Waals surface area contributed by atoms with Gasteiger partial charge in [0.05, 0.1) is 0 Å². The monoisotopic (exact) mass is 336 g/mol. The lowest BCUT2D eigenvalue weighted by molar-refractivity contribution is 0.0984. The van der Waals surface area contributed by atoms with E-state index >= 15 is 0 Å². The second-order valence-corrected chi connectivity index (χ2v) is 7.22. The van der Waals surface area contributed by atoms with Crippen LogP contribution in [0.25, 0.3) is 0 Å². The van der Waals surface area contributed by atoms with Crippen molar-refractivity contribution in [2.75, 3.05) is 29.4 Å². The van der Waals surface area contributed by atoms with Gasteiger partial charge >= 0.3 is 0 Å². The van der Waals surface area contributed by atoms with Crippen LogP contribution < -0.4 is 9.80 Å². The molecule has 2 aliphatic rings. The molecule has 1 aromatic carbocycles. The number of benzene rings is 1. The number of aromatic nitrogens is 2. The molecule has 1 amide bonds. The lowest BCUT2D eigenvalue weighted by atomic mass is 10.0. The minimum atomic E-state index is -0.0262. The van der Waals surface area contributed by atoms with Crippen molar-refractivity contribution < 1.29 is 4.79 Å². The van der Waals surface area contributed by atoms with E-state index in [1.165, 1.54) is 12.0 Å². The standard InChI is InChI=1S/C20H24N4O/c1-14-6-5-10-23(13-14)20-21-15(2)12-17(22-20)19(25)24-11-9-16-7-3-4-8-18(16)24/h3-4,7-8,12,14H,5-6,9-11,13H2,1-2H3. The quantitative estimate of drug-likeness (QED) is 0.845. The molecule has 5 nitrogen and oxygen atoms in total. The summed E-state index contributed by atoms with van der Waals surface area (Å²) < 4.78 is 0. The number of amides is 1. The summed E-state index contributed by atoms with van der Waals surface area (Å²) in [5, 5.41) is 0. The van der Waals surface area contributed by atoms with Gasteiger partial charge in [0.15, 0.2) is 0 Å². The van der Waals surface area contributed by atoms with Crippen LogP contribution in [-0.2, 0) is 6.42 Å². The van der Waals surface area contributed by atoms with Crippen LogP contribution in [0, 0.1) is 12.8 Å². The van der Waals surface area contributed by atoms with Gasteiger partial charge in [-0.3, -0.25) is 4.79 Å². The third kappa shape index (κ3) is 3.11. The first kappa shape index (κ1) is 16.1. The molecule has 0 aliphatic carbocycles. The molecular weight excluding hydrogens is 312 g/mol. The highest BCUT2D eigenvalue weighted by Gasteiger charge is 2.27. The highest BCUT2D eigenvalue weighted by molar-refractivity contribution is 6.06. The Morgan fingerprint density at radius 1 is 1.20 bits per heavy atom. The average molecular weight is 336 g/mol. The smallest absolute Gasteiger partial charge is 0.277 e. The van der Waals surface area contributed by atoms with E-state index in [2.05, 4.69) is 27.9 Å². The summed E-state index contributed by atoms with van der Waals surface area (Å²) in [7, 11) is 0. The Balaban J connectivity index is 1.63. The summed E-state index contributed by atoms with van der Waals surface area (Å²) in [5.74, 6) is 1.31. The maximum absolute atomic E-state index is 13.1. The summed E-state index contributed by atoms with van der Waals surface area (Å²) in [5.41, 5.74) is 3.58. The van der Waals surface area contributed by atoms with Crippen molar-refractivity contribution in [1.82, 2.24) is 9.97 Å². The zero-order chi connectivity index (χ0) is 17.4. The van der Waals surface area contributed by atoms with Gasteiger partial charge in [-0.25, -0.2) is 9.97 Å². The van der Waals surface area contributed by atoms with Crippen LogP contribution in [-0.4, -0.2) is 35.5 Å². The number of nitrogens with zero attached hydrogens (tertiary/aromatic N) is 4. The first-order valence-corrected chi connectivity index (χ1v) is 9.12. The molecule has 0 spiro atoms. The van der Waals surface area contributed by atoms with Crippen molar-refractivity contribution in [1.29, 1.82) is 0 Å². The molecule has 1 atom stereocenters. The second kappa shape index (κ2) is 6.47. The van der Waals surface area contributed by atoms with E-state index in [0.29, 0.717) is 17.6 Å². The van der Waals surface area contributed by atoms with Crippen LogP contribution in [0.5, 0.6) is 0 Å². The Kier molecular flexibility index (Phi) is 4.15. The van der Waals surface area contributed by atoms with Gasteiger partial charge in [-0.2, -0.15) is 0 Å². The van der Waals surface area contributed by atoms with Gasteiger partial charge in [-0.1, -0.05) is 25.1 Å². The van der Waals surface area contributed by atoms with E-state index in [9.17, 15) is 4.79 Å². The summed E-state index contributed by atoms with van der Waals surface area (Å²) in [6, 6.07) is 9.92. The molecular formula is C20H24N4O. The molecule has 0 saturated carbocycles. The number of aryl methyl sites for hydroxylation is 1. The predicted octanol–water partition coefficient (Wildman–Crippen LogP) is 3.22. The third-order valence-corrected chi connectivity index (χ3v) is 5.13. The van der Waals surface area contributed by atoms with E-state index < -0.39 is 0 Å². The Bertz CT molecular complexity index is 804. The molecule has 130 valence electrons. The van der Waals surface area contributed by atoms with E-state index in [4.69, 9.17) is 0 Å². The number of fused-ring (bicyclic) bond motifs is 1. The number of hydrogen-bond acceptors (Lipinski definition) is 4. The Labute approximate surface area is 148 Å². The van der Waals surface area contributed by atoms with Crippen molar-refractivity contribution in [3.8, 4) is 0 Å². The number of rotatable bonds is 2. The molecule has 5 heteroatoms. The van der Waals surface area contributed by atoms with E-state index in [1.807, 2.05) is 30.0 Å². The van der Waals surface area contributed by atoms with Crippen LogP contribution in [0.4, 0.5) is 11.6 Å². The van der Waals surface area contributed by atoms with Gasteiger partial charge in [0, 0.05) is 31.0 Å². The first-order valence-electron chi connectivity index (χ1n) is 9.12. The third-order valence-electron chi connectivity index (χ3n) is 5.13. The minimum Gasteiger partial charge on any atom is -0.341 e. The van der Waals surface area contributed by atoms with Gasteiger partial charge in [0.25, 0.3) is 5.91 Å². The molecule has 1 fully saturated rings. The summed E-state index contributed by atoms with van der Waals surface area (Å²) in [6.45, 7) is 6.84. The van der Waals surface area contributed by atoms with Gasteiger partial charge in [0.2, 0.25) is 5.95 Å². The topological polar surface area (TPSA) is 49.3 Å². The predicted molar refractivity (Wildman–Crippen MR) is 99.2 cm³/mol. The largest absolute Gasteiger partial charge is 0.341 e. The number of piperidine rings is 1. The zero-order valence-corrected chi connectivity index (χ0v) is 14.9. The fourth-order valence-electron chi connectivity index (χ4n) is 3.86. The van der Waals surface area contributed by atoms with Gasteiger partial charge in [-0.15, -0.1) is 0 Å². The molecule has 1 unspecified atom stereocenters. The van der Waals surface area contributed by atoms with Crippen molar-refractivity contribution in [3.05, 3.63) is 47.3 Å². The van der Waals surface area contributed by atoms with Crippen LogP contribution in [0.15, 0.2) is 30.3 Å². The van der Waals surface area contributed by atoms with Gasteiger partial charge in [-0.05, 0) is 49.8 Å². The number of carbonyl (C=O) groups is 1. The lowest BCUT2D eigenvalue weighted by Crippen LogP contribution is -2.36. The van der Waals surface area contributed by atoms with Crippen LogP contribution in [0.2, 0.25) is 0 Å². The van der Waals surface area contributed by atoms with Crippen molar-refractivity contribution in [3.63, 3.8) is 0 Å². The van der Waals surface area contributed by atoms with Crippen molar-refractivity contribution in [2.24, 2.45) is 5.92 Å². The normalized spacial score (nSPS) is 19.8. The number of hydrogen-bond donors (Lipinski definition) is 0. The molecule has 2 aromatic rings. The Hall–Kier alpha value is -2.43. The lowest BCUT2D eigenvalue weighted by Gasteiger charge is -2.31. The van der Waals surface area contributed by atoms with E-state index in [-0.39, 0.29) is 5.91 Å². The highest BCUT2D eigenvalue weighted by atomic mass is 16.2. The van der Waals surface area contributed by atoms with Crippen LogP contribution in [0.3, 0.4) is 0 Å². The Morgan fingerprint density at radius 2 is 2.04 bits per heavy atom. The fourth-order valence-corrected chi connectivity index (χ4v) is 3.86. The molecule has 3 heterocycles. The minimum absolute atomic E-state index is 0.0262. The average Bonchev–Trinajstić information content (AvgIpc) is 3.04. The first-order chi connectivity index (χ1) is 12.1. The summed E-state index contributed by atoms with van der Waals surface area (Å²) in [4.78, 5) is 26.4. The highest BCUT2D eigenvalue weighted by Crippen LogP contribution is 2.29. The van der Waals surface area contributed by atoms with Crippen LogP contribution in [0.1, 0.15) is 41.5 Å². The maximum Gasteiger partial charge on any atom is 0.277 e. The molecule has 1 saturated heterocycles. The molecule has 25 heavy (non-hydrogen) atoms. The molecule has 0 bridgehead atoms. The van der Waals surface area contributed by atoms with E-state index in [0.717, 1.165) is 43.9 Å². The van der Waals surface area contributed by atoms with Gasteiger partial charge in [0.1, 0.15) is 5.69 Å². The van der Waals surface area contributed by atoms with Crippen molar-refractivity contribution in [2.45, 2.75) is 33.1 Å². The maximum atomic E-state index is 13.1. The number of carbonyl (C=O) groups excluding carboxylic acids is 1. The second-order valence-electron chi connectivity index (χ2n) is 7.22. The fraction of sp³-hybridized carbons (Fsp3) is 0.450. The number of anilines is 2. The SMILES string of the molecule is Cc1cc(C(=O)N2CCc3ccccc32)nc(N2CCCC(C)C2)n1. The number of para-hydroxylation sites is 1. The van der Waals surface area contributed by atoms with Gasteiger partial charge < -0.3 is 9.80 Å². The van der Waals surface area contributed by atoms with E-state index in [1.54, 1.807) is 6.07 Å². The zero-order valence-electron chi connectivity index (χ0n) is 14.9. The molecule has 0 radical (unpaired) electrons. The molecule has 0 N–H and O–H groups in total. The van der Waals surface area contributed by atoms with Crippen molar-refractivity contribution >= 4 is 17.5 Å². The summed E-state index contributed by atoms with van der Waals surface area (Å²) in [6.07, 6.45) is 3.31. The Morgan fingerprint density at radius 3 is 2.88 bits per heavy atom. The molecule has 1 aromatic heterocycles.